The van der Waals surface area contributed by atoms with Crippen molar-refractivity contribution in [3.63, 3.8) is 0 Å². The number of para-hydroxylation sites is 1. The van der Waals surface area contributed by atoms with Gasteiger partial charge in [-0.15, -0.1) is 10.2 Å². The zero-order valence-corrected chi connectivity index (χ0v) is 16.5. The Morgan fingerprint density at radius 2 is 1.76 bits per heavy atom. The highest BCUT2D eigenvalue weighted by Crippen LogP contribution is 2.39. The quantitative estimate of drug-likeness (QED) is 0.511. The molecule has 0 fully saturated rings. The van der Waals surface area contributed by atoms with Crippen LogP contribution in [0.25, 0.3) is 10.6 Å². The van der Waals surface area contributed by atoms with Gasteiger partial charge in [0.1, 0.15) is 34.7 Å². The predicted molar refractivity (Wildman–Crippen MR) is 105 cm³/mol. The molecule has 9 heteroatoms. The predicted octanol–water partition coefficient (Wildman–Crippen LogP) is 5.09. The van der Waals surface area contributed by atoms with Crippen LogP contribution < -0.4 is 15.2 Å². The molecule has 29 heavy (non-hydrogen) atoms. The van der Waals surface area contributed by atoms with Gasteiger partial charge in [0, 0.05) is 5.56 Å². The second kappa shape index (κ2) is 9.23. The number of halogens is 3. The minimum Gasteiger partial charge on any atom is -0.490 e. The number of alkyl halides is 3. The van der Waals surface area contributed by atoms with Crippen LogP contribution in [0.2, 0.25) is 0 Å². The lowest BCUT2D eigenvalue weighted by Gasteiger charge is -2.15. The van der Waals surface area contributed by atoms with Gasteiger partial charge >= 0.3 is 6.18 Å². The third-order valence-electron chi connectivity index (χ3n) is 4.08. The van der Waals surface area contributed by atoms with Gasteiger partial charge in [-0.2, -0.15) is 13.2 Å². The Labute approximate surface area is 170 Å². The maximum absolute atomic E-state index is 13.5. The maximum Gasteiger partial charge on any atom is 0.419 e. The SMILES string of the molecule is CCC(N)c1nnc(-c2ccc(OCCOc3ccccc3)c(C(F)(F)F)c2)s1. The lowest BCUT2D eigenvalue weighted by molar-refractivity contribution is -0.139. The summed E-state index contributed by atoms with van der Waals surface area (Å²) in [6.45, 7) is 2.00. The van der Waals surface area contributed by atoms with Crippen molar-refractivity contribution in [2.75, 3.05) is 13.2 Å². The third kappa shape index (κ3) is 5.45. The highest BCUT2D eigenvalue weighted by molar-refractivity contribution is 7.14. The summed E-state index contributed by atoms with van der Waals surface area (Å²) in [6, 6.07) is 12.5. The van der Waals surface area contributed by atoms with E-state index in [-0.39, 0.29) is 25.0 Å². The van der Waals surface area contributed by atoms with Crippen LogP contribution in [-0.4, -0.2) is 23.4 Å². The van der Waals surface area contributed by atoms with Crippen molar-refractivity contribution in [3.8, 4) is 22.1 Å². The number of ether oxygens (including phenoxy) is 2. The molecule has 0 amide bonds. The molecular formula is C20H20F3N3O2S. The average Bonchev–Trinajstić information content (AvgIpc) is 3.21. The number of benzene rings is 2. The first-order valence-corrected chi connectivity index (χ1v) is 9.81. The number of nitrogens with zero attached hydrogens (tertiary/aromatic N) is 2. The van der Waals surface area contributed by atoms with Crippen molar-refractivity contribution in [3.05, 3.63) is 59.1 Å². The van der Waals surface area contributed by atoms with Gasteiger partial charge in [0.05, 0.1) is 11.6 Å². The van der Waals surface area contributed by atoms with Gasteiger partial charge in [0.25, 0.3) is 0 Å². The van der Waals surface area contributed by atoms with Gasteiger partial charge in [-0.1, -0.05) is 36.5 Å². The van der Waals surface area contributed by atoms with Crippen LogP contribution in [-0.2, 0) is 6.18 Å². The summed E-state index contributed by atoms with van der Waals surface area (Å²) in [5.74, 6) is 0.368. The fourth-order valence-electron chi connectivity index (χ4n) is 2.51. The third-order valence-corrected chi connectivity index (χ3v) is 5.19. The molecule has 3 aromatic rings. The standard InChI is InChI=1S/C20H20F3N3O2S/c1-2-16(24)19-26-25-18(29-19)13-8-9-17(15(12-13)20(21,22)23)28-11-10-27-14-6-4-3-5-7-14/h3-9,12,16H,2,10-11,24H2,1H3. The molecule has 0 aliphatic rings. The second-order valence-corrected chi connectivity index (χ2v) is 7.19. The van der Waals surface area contributed by atoms with E-state index in [0.29, 0.717) is 27.7 Å². The fraction of sp³-hybridized carbons (Fsp3) is 0.300. The molecule has 3 rings (SSSR count). The van der Waals surface area contributed by atoms with Crippen molar-refractivity contribution in [2.45, 2.75) is 25.6 Å². The van der Waals surface area contributed by atoms with Gasteiger partial charge in [0.2, 0.25) is 0 Å². The first-order chi connectivity index (χ1) is 13.9. The van der Waals surface area contributed by atoms with Gasteiger partial charge in [-0.05, 0) is 36.8 Å². The van der Waals surface area contributed by atoms with Crippen molar-refractivity contribution in [2.24, 2.45) is 5.73 Å². The summed E-state index contributed by atoms with van der Waals surface area (Å²) < 4.78 is 51.4. The van der Waals surface area contributed by atoms with E-state index in [0.717, 1.165) is 6.07 Å². The van der Waals surface area contributed by atoms with Crippen LogP contribution in [0.1, 0.15) is 30.0 Å². The van der Waals surface area contributed by atoms with Crippen LogP contribution in [0, 0.1) is 0 Å². The van der Waals surface area contributed by atoms with E-state index in [2.05, 4.69) is 10.2 Å². The molecule has 1 unspecified atom stereocenters. The molecule has 0 aliphatic heterocycles. The van der Waals surface area contributed by atoms with E-state index in [1.54, 1.807) is 12.1 Å². The number of hydrogen-bond donors (Lipinski definition) is 1. The molecule has 2 N–H and O–H groups in total. The number of aromatic nitrogens is 2. The molecule has 0 radical (unpaired) electrons. The van der Waals surface area contributed by atoms with Crippen LogP contribution in [0.5, 0.6) is 11.5 Å². The minimum absolute atomic E-state index is 0.0222. The van der Waals surface area contributed by atoms with E-state index in [4.69, 9.17) is 15.2 Å². The molecule has 1 heterocycles. The highest BCUT2D eigenvalue weighted by atomic mass is 32.1. The summed E-state index contributed by atoms with van der Waals surface area (Å²) >= 11 is 1.19. The van der Waals surface area contributed by atoms with Crippen molar-refractivity contribution in [1.82, 2.24) is 10.2 Å². The van der Waals surface area contributed by atoms with E-state index in [9.17, 15) is 13.2 Å². The highest BCUT2D eigenvalue weighted by Gasteiger charge is 2.35. The van der Waals surface area contributed by atoms with Crippen molar-refractivity contribution in [1.29, 1.82) is 0 Å². The Kier molecular flexibility index (Phi) is 6.71. The molecule has 1 atom stereocenters. The summed E-state index contributed by atoms with van der Waals surface area (Å²) in [6.07, 6.45) is -3.90. The van der Waals surface area contributed by atoms with Gasteiger partial charge in [0.15, 0.2) is 0 Å². The molecule has 154 valence electrons. The van der Waals surface area contributed by atoms with E-state index >= 15 is 0 Å². The summed E-state index contributed by atoms with van der Waals surface area (Å²) in [4.78, 5) is 0. The summed E-state index contributed by atoms with van der Waals surface area (Å²) in [5.41, 5.74) is 5.36. The molecule has 0 saturated heterocycles. The van der Waals surface area contributed by atoms with Crippen LogP contribution in [0.3, 0.4) is 0 Å². The van der Waals surface area contributed by atoms with Crippen LogP contribution in [0.15, 0.2) is 48.5 Å². The lowest BCUT2D eigenvalue weighted by Crippen LogP contribution is -2.13. The Balaban J connectivity index is 1.73. The normalized spacial score (nSPS) is 12.6. The second-order valence-electron chi connectivity index (χ2n) is 6.18. The molecule has 2 aromatic carbocycles. The molecule has 0 bridgehead atoms. The average molecular weight is 423 g/mol. The van der Waals surface area contributed by atoms with Gasteiger partial charge in [-0.25, -0.2) is 0 Å². The van der Waals surface area contributed by atoms with Crippen molar-refractivity contribution < 1.29 is 22.6 Å². The molecular weight excluding hydrogens is 403 g/mol. The molecule has 0 saturated carbocycles. The molecule has 0 spiro atoms. The van der Waals surface area contributed by atoms with Gasteiger partial charge < -0.3 is 15.2 Å². The summed E-state index contributed by atoms with van der Waals surface area (Å²) in [7, 11) is 0. The topological polar surface area (TPSA) is 70.3 Å². The first-order valence-electron chi connectivity index (χ1n) is 8.99. The number of rotatable bonds is 8. The largest absolute Gasteiger partial charge is 0.490 e. The fourth-order valence-corrected chi connectivity index (χ4v) is 3.44. The molecule has 1 aromatic heterocycles. The van der Waals surface area contributed by atoms with Crippen LogP contribution in [0.4, 0.5) is 13.2 Å². The molecule has 5 nitrogen and oxygen atoms in total. The van der Waals surface area contributed by atoms with E-state index in [1.165, 1.54) is 23.5 Å². The zero-order chi connectivity index (χ0) is 20.9. The minimum atomic E-state index is -4.57. The van der Waals surface area contributed by atoms with Gasteiger partial charge in [-0.3, -0.25) is 0 Å². The number of hydrogen-bond acceptors (Lipinski definition) is 6. The molecule has 0 aliphatic carbocycles. The Hall–Kier alpha value is -2.65. The Morgan fingerprint density at radius 3 is 2.45 bits per heavy atom. The maximum atomic E-state index is 13.5. The van der Waals surface area contributed by atoms with Crippen molar-refractivity contribution >= 4 is 11.3 Å². The number of nitrogens with two attached hydrogens (primary N) is 1. The van der Waals surface area contributed by atoms with Crippen LogP contribution >= 0.6 is 11.3 Å². The first kappa shape index (κ1) is 21.1. The smallest absolute Gasteiger partial charge is 0.419 e. The monoisotopic (exact) mass is 423 g/mol. The Morgan fingerprint density at radius 1 is 1.03 bits per heavy atom. The lowest BCUT2D eigenvalue weighted by atomic mass is 10.1. The van der Waals surface area contributed by atoms with E-state index in [1.807, 2.05) is 25.1 Å². The van der Waals surface area contributed by atoms with E-state index < -0.39 is 11.7 Å². The Bertz CT molecular complexity index is 932. The summed E-state index contributed by atoms with van der Waals surface area (Å²) in [5, 5.41) is 8.93. The zero-order valence-electron chi connectivity index (χ0n) is 15.6.